The van der Waals surface area contributed by atoms with Gasteiger partial charge in [-0.25, -0.2) is 4.39 Å². The molecule has 2 aromatic carbocycles. The van der Waals surface area contributed by atoms with Crippen LogP contribution in [0.3, 0.4) is 0 Å². The summed E-state index contributed by atoms with van der Waals surface area (Å²) in [5, 5.41) is 17.4. The minimum absolute atomic E-state index is 0.0300. The molecule has 0 aliphatic carbocycles. The zero-order valence-electron chi connectivity index (χ0n) is 15.4. The number of rotatable bonds is 5. The van der Waals surface area contributed by atoms with Crippen molar-refractivity contribution >= 4 is 23.2 Å². The summed E-state index contributed by atoms with van der Waals surface area (Å²) in [7, 11) is 0. The van der Waals surface area contributed by atoms with Gasteiger partial charge < -0.3 is 13.6 Å². The number of nitrogens with zero attached hydrogens (tertiary/aromatic N) is 3. The molecule has 0 radical (unpaired) electrons. The van der Waals surface area contributed by atoms with Crippen molar-refractivity contribution in [3.8, 4) is 29.0 Å². The van der Waals surface area contributed by atoms with Gasteiger partial charge in [-0.05, 0) is 37.3 Å². The van der Waals surface area contributed by atoms with Gasteiger partial charge in [0.15, 0.2) is 11.6 Å². The van der Waals surface area contributed by atoms with Gasteiger partial charge in [-0.1, -0.05) is 29.3 Å². The van der Waals surface area contributed by atoms with E-state index in [1.165, 1.54) is 36.6 Å². The second-order valence-electron chi connectivity index (χ2n) is 6.31. The highest BCUT2D eigenvalue weighted by Gasteiger charge is 2.19. The Hall–Kier alpha value is -3.34. The summed E-state index contributed by atoms with van der Waals surface area (Å²) in [5.41, 5.74) is 1.19. The Bertz CT molecular complexity index is 1280. The summed E-state index contributed by atoms with van der Waals surface area (Å²) in [6.45, 7) is 1.77. The van der Waals surface area contributed by atoms with E-state index >= 15 is 4.39 Å². The molecule has 30 heavy (non-hydrogen) atoms. The second kappa shape index (κ2) is 8.19. The van der Waals surface area contributed by atoms with Crippen molar-refractivity contribution in [2.24, 2.45) is 0 Å². The van der Waals surface area contributed by atoms with Gasteiger partial charge in [0, 0.05) is 10.6 Å². The quantitative estimate of drug-likeness (QED) is 0.357. The van der Waals surface area contributed by atoms with Gasteiger partial charge in [0.2, 0.25) is 5.89 Å². The number of hydrogen-bond donors (Lipinski definition) is 0. The molecule has 2 heterocycles. The molecule has 0 aliphatic heterocycles. The standard InChI is InChI=1S/C21H12Cl2FN3O3/c1-11-16(4-5-28-11)21-27-26-18(30-21)8-13-2-3-17(23)20(19(13)24)29-15-7-12(10-25)6-14(22)9-15/h2-7,9H,8H2,1H3. The first-order chi connectivity index (χ1) is 14.4. The molecule has 0 unspecified atom stereocenters. The van der Waals surface area contributed by atoms with Crippen LogP contribution >= 0.6 is 23.2 Å². The van der Waals surface area contributed by atoms with Gasteiger partial charge in [0.05, 0.1) is 34.9 Å². The van der Waals surface area contributed by atoms with Crippen LogP contribution in [0.2, 0.25) is 10.0 Å². The summed E-state index contributed by atoms with van der Waals surface area (Å²) in [5.74, 6) is 0.452. The van der Waals surface area contributed by atoms with Crippen LogP contribution in [0.4, 0.5) is 4.39 Å². The fourth-order valence-corrected chi connectivity index (χ4v) is 3.22. The molecule has 6 nitrogen and oxygen atoms in total. The molecule has 4 aromatic rings. The Morgan fingerprint density at radius 1 is 1.17 bits per heavy atom. The van der Waals surface area contributed by atoms with Gasteiger partial charge in [-0.3, -0.25) is 0 Å². The molecular weight excluding hydrogens is 432 g/mol. The Balaban J connectivity index is 1.62. The minimum atomic E-state index is -0.680. The third-order valence-electron chi connectivity index (χ3n) is 4.25. The van der Waals surface area contributed by atoms with Crippen LogP contribution in [-0.4, -0.2) is 10.2 Å². The fourth-order valence-electron chi connectivity index (χ4n) is 2.81. The topological polar surface area (TPSA) is 85.1 Å². The summed E-state index contributed by atoms with van der Waals surface area (Å²) in [6.07, 6.45) is 1.55. The molecule has 0 bridgehead atoms. The smallest absolute Gasteiger partial charge is 0.251 e. The van der Waals surface area contributed by atoms with Gasteiger partial charge >= 0.3 is 0 Å². The average molecular weight is 444 g/mol. The van der Waals surface area contributed by atoms with Crippen LogP contribution in [0, 0.1) is 24.1 Å². The van der Waals surface area contributed by atoms with E-state index < -0.39 is 5.82 Å². The van der Waals surface area contributed by atoms with E-state index in [1.807, 2.05) is 6.07 Å². The lowest BCUT2D eigenvalue weighted by Crippen LogP contribution is -1.98. The maximum absolute atomic E-state index is 15.1. The fraction of sp³-hybridized carbons (Fsp3) is 0.0952. The molecule has 0 N–H and O–H groups in total. The maximum atomic E-state index is 15.1. The molecule has 4 rings (SSSR count). The number of benzene rings is 2. The highest BCUT2D eigenvalue weighted by atomic mass is 35.5. The van der Waals surface area contributed by atoms with Crippen molar-refractivity contribution in [3.63, 3.8) is 0 Å². The van der Waals surface area contributed by atoms with E-state index in [0.29, 0.717) is 11.3 Å². The predicted octanol–water partition coefficient (Wildman–Crippen LogP) is 6.34. The molecule has 0 amide bonds. The van der Waals surface area contributed by atoms with Crippen LogP contribution in [0.25, 0.3) is 11.5 Å². The van der Waals surface area contributed by atoms with E-state index in [4.69, 9.17) is 42.0 Å². The van der Waals surface area contributed by atoms with Crippen LogP contribution in [-0.2, 0) is 6.42 Å². The monoisotopic (exact) mass is 443 g/mol. The Kier molecular flexibility index (Phi) is 5.44. The van der Waals surface area contributed by atoms with Crippen LogP contribution in [0.5, 0.6) is 11.5 Å². The van der Waals surface area contributed by atoms with Crippen molar-refractivity contribution in [2.45, 2.75) is 13.3 Å². The molecule has 0 aliphatic rings. The molecule has 2 aromatic heterocycles. The Morgan fingerprint density at radius 2 is 2.00 bits per heavy atom. The molecule has 9 heteroatoms. The Labute approximate surface area is 180 Å². The average Bonchev–Trinajstić information content (AvgIpc) is 3.35. The first-order valence-electron chi connectivity index (χ1n) is 8.67. The number of aryl methyl sites for hydroxylation is 1. The minimum Gasteiger partial charge on any atom is -0.469 e. The normalized spacial score (nSPS) is 10.8. The largest absolute Gasteiger partial charge is 0.469 e. The lowest BCUT2D eigenvalue weighted by atomic mass is 10.1. The van der Waals surface area contributed by atoms with Crippen molar-refractivity contribution in [1.29, 1.82) is 5.26 Å². The van der Waals surface area contributed by atoms with Crippen molar-refractivity contribution < 1.29 is 18.0 Å². The maximum Gasteiger partial charge on any atom is 0.251 e. The number of furan rings is 1. The zero-order valence-corrected chi connectivity index (χ0v) is 17.0. The van der Waals surface area contributed by atoms with Crippen molar-refractivity contribution in [1.82, 2.24) is 10.2 Å². The van der Waals surface area contributed by atoms with Crippen molar-refractivity contribution in [2.75, 3.05) is 0 Å². The second-order valence-corrected chi connectivity index (χ2v) is 7.15. The number of hydrogen-bond acceptors (Lipinski definition) is 6. The lowest BCUT2D eigenvalue weighted by molar-refractivity contribution is 0.437. The first kappa shape index (κ1) is 20.0. The zero-order chi connectivity index (χ0) is 21.3. The number of aromatic nitrogens is 2. The van der Waals surface area contributed by atoms with Crippen LogP contribution < -0.4 is 4.74 Å². The summed E-state index contributed by atoms with van der Waals surface area (Å²) in [4.78, 5) is 0. The van der Waals surface area contributed by atoms with Gasteiger partial charge in [0.1, 0.15) is 11.5 Å². The molecule has 0 saturated heterocycles. The SMILES string of the molecule is Cc1occc1-c1nnc(Cc2ccc(Cl)c(Oc3cc(Cl)cc(C#N)c3)c2F)o1. The molecule has 0 spiro atoms. The molecule has 0 atom stereocenters. The van der Waals surface area contributed by atoms with Gasteiger partial charge in [-0.15, -0.1) is 10.2 Å². The van der Waals surface area contributed by atoms with E-state index in [1.54, 1.807) is 13.0 Å². The van der Waals surface area contributed by atoms with E-state index in [9.17, 15) is 0 Å². The molecular formula is C21H12Cl2FN3O3. The molecule has 0 fully saturated rings. The third kappa shape index (κ3) is 4.01. The summed E-state index contributed by atoms with van der Waals surface area (Å²) >= 11 is 12.1. The highest BCUT2D eigenvalue weighted by molar-refractivity contribution is 6.32. The van der Waals surface area contributed by atoms with Crippen LogP contribution in [0.1, 0.15) is 22.8 Å². The van der Waals surface area contributed by atoms with E-state index in [2.05, 4.69) is 10.2 Å². The Morgan fingerprint density at radius 3 is 2.73 bits per heavy atom. The predicted molar refractivity (Wildman–Crippen MR) is 107 cm³/mol. The number of halogens is 3. The lowest BCUT2D eigenvalue weighted by Gasteiger charge is -2.11. The highest BCUT2D eigenvalue weighted by Crippen LogP contribution is 2.36. The van der Waals surface area contributed by atoms with Crippen LogP contribution in [0.15, 0.2) is 51.5 Å². The van der Waals surface area contributed by atoms with E-state index in [0.717, 1.165) is 0 Å². The third-order valence-corrected chi connectivity index (χ3v) is 4.76. The number of ether oxygens (including phenoxy) is 1. The van der Waals surface area contributed by atoms with Gasteiger partial charge in [0.25, 0.3) is 5.89 Å². The number of nitriles is 1. The molecule has 0 saturated carbocycles. The summed E-state index contributed by atoms with van der Waals surface area (Å²) in [6, 6.07) is 11.0. The first-order valence-corrected chi connectivity index (χ1v) is 9.42. The summed E-state index contributed by atoms with van der Waals surface area (Å²) < 4.78 is 31.6. The molecule has 150 valence electrons. The van der Waals surface area contributed by atoms with E-state index in [-0.39, 0.29) is 50.9 Å². The van der Waals surface area contributed by atoms with Gasteiger partial charge in [-0.2, -0.15) is 5.26 Å². The van der Waals surface area contributed by atoms with Crippen molar-refractivity contribution in [3.05, 3.63) is 81.3 Å².